The minimum absolute atomic E-state index is 0.107. The first kappa shape index (κ1) is 98.1. The normalized spacial score (nSPS) is 14.2. The molecule has 594 valence electrons. The Morgan fingerprint density at radius 1 is 0.290 bits per heavy atom. The third-order valence-corrected chi connectivity index (χ3v) is 21.2. The van der Waals surface area contributed by atoms with Crippen molar-refractivity contribution in [2.24, 2.45) is 11.8 Å². The maximum atomic E-state index is 13.1. The number of hydrogen-bond acceptors (Lipinski definition) is 15. The second-order valence-corrected chi connectivity index (χ2v) is 32.8. The first-order chi connectivity index (χ1) is 48.4. The number of aliphatic hydroxyl groups excluding tert-OH is 1. The molecule has 0 amide bonds. The number of phosphoric ester groups is 2. The average Bonchev–Trinajstić information content (AvgIpc) is 0.927. The van der Waals surface area contributed by atoms with Crippen LogP contribution in [0.2, 0.25) is 0 Å². The van der Waals surface area contributed by atoms with Crippen molar-refractivity contribution >= 4 is 39.5 Å². The molecule has 6 atom stereocenters. The smallest absolute Gasteiger partial charge is 0.462 e. The Kier molecular flexibility index (Phi) is 71.2. The van der Waals surface area contributed by atoms with Crippen molar-refractivity contribution in [2.45, 2.75) is 445 Å². The minimum atomic E-state index is -4.96. The molecule has 17 nitrogen and oxygen atoms in total. The lowest BCUT2D eigenvalue weighted by Gasteiger charge is -2.21. The van der Waals surface area contributed by atoms with Crippen molar-refractivity contribution in [2.75, 3.05) is 39.6 Å². The molecule has 0 aliphatic heterocycles. The van der Waals surface area contributed by atoms with Crippen molar-refractivity contribution in [3.63, 3.8) is 0 Å². The van der Waals surface area contributed by atoms with Gasteiger partial charge in [-0.15, -0.1) is 0 Å². The lowest BCUT2D eigenvalue weighted by Crippen LogP contribution is -2.30. The van der Waals surface area contributed by atoms with Crippen LogP contribution >= 0.6 is 15.6 Å². The van der Waals surface area contributed by atoms with Gasteiger partial charge in [-0.2, -0.15) is 0 Å². The number of carbonyl (C=O) groups excluding carboxylic acids is 4. The molecule has 0 saturated carbocycles. The number of esters is 4. The van der Waals surface area contributed by atoms with Gasteiger partial charge in [0.2, 0.25) is 0 Å². The van der Waals surface area contributed by atoms with Crippen LogP contribution in [0.3, 0.4) is 0 Å². The fourth-order valence-electron chi connectivity index (χ4n) is 12.5. The molecule has 0 saturated heterocycles. The van der Waals surface area contributed by atoms with Crippen LogP contribution in [0.4, 0.5) is 0 Å². The molecule has 0 aromatic heterocycles. The Balaban J connectivity index is 5.23. The van der Waals surface area contributed by atoms with Gasteiger partial charge in [0, 0.05) is 25.7 Å². The quantitative estimate of drug-likeness (QED) is 0.0222. The van der Waals surface area contributed by atoms with E-state index in [0.29, 0.717) is 25.7 Å². The molecule has 19 heteroatoms. The molecular weight excluding hydrogens is 1310 g/mol. The summed E-state index contributed by atoms with van der Waals surface area (Å²) >= 11 is 0. The highest BCUT2D eigenvalue weighted by Crippen LogP contribution is 2.45. The summed E-state index contributed by atoms with van der Waals surface area (Å²) in [6.07, 6.45) is 62.4. The highest BCUT2D eigenvalue weighted by atomic mass is 31.2. The first-order valence-electron chi connectivity index (χ1n) is 42.0. The molecule has 0 bridgehead atoms. The zero-order chi connectivity index (χ0) is 73.5. The van der Waals surface area contributed by atoms with E-state index in [0.717, 1.165) is 102 Å². The molecule has 0 aliphatic carbocycles. The molecule has 3 N–H and O–H groups in total. The molecule has 0 rings (SSSR count). The molecule has 0 heterocycles. The topological polar surface area (TPSA) is 237 Å². The van der Waals surface area contributed by atoms with Gasteiger partial charge in [0.1, 0.15) is 19.3 Å². The lowest BCUT2D eigenvalue weighted by molar-refractivity contribution is -0.161. The van der Waals surface area contributed by atoms with E-state index >= 15 is 0 Å². The minimum Gasteiger partial charge on any atom is -0.462 e. The molecule has 100 heavy (non-hydrogen) atoms. The number of ether oxygens (including phenoxy) is 4. The Morgan fingerprint density at radius 2 is 0.510 bits per heavy atom. The van der Waals surface area contributed by atoms with Gasteiger partial charge in [-0.3, -0.25) is 37.3 Å². The number of carbonyl (C=O) groups is 4. The molecule has 0 fully saturated rings. The van der Waals surface area contributed by atoms with Crippen molar-refractivity contribution in [3.05, 3.63) is 0 Å². The summed E-state index contributed by atoms with van der Waals surface area (Å²) in [5, 5.41) is 10.6. The molecule has 0 aromatic rings. The van der Waals surface area contributed by atoms with E-state index in [-0.39, 0.29) is 25.7 Å². The van der Waals surface area contributed by atoms with Gasteiger partial charge in [-0.25, -0.2) is 9.13 Å². The summed E-state index contributed by atoms with van der Waals surface area (Å²) in [4.78, 5) is 73.0. The molecule has 0 spiro atoms. The monoisotopic (exact) mass is 1470 g/mol. The summed E-state index contributed by atoms with van der Waals surface area (Å²) < 4.78 is 68.7. The van der Waals surface area contributed by atoms with Crippen LogP contribution in [-0.2, 0) is 65.4 Å². The van der Waals surface area contributed by atoms with Crippen molar-refractivity contribution in [3.8, 4) is 0 Å². The molecule has 3 unspecified atom stereocenters. The maximum absolute atomic E-state index is 13.1. The first-order valence-corrected chi connectivity index (χ1v) is 45.0. The summed E-state index contributed by atoms with van der Waals surface area (Å²) in [6, 6.07) is 0. The average molecular weight is 1470 g/mol. The molecule has 0 radical (unpaired) electrons. The Labute approximate surface area is 613 Å². The van der Waals surface area contributed by atoms with Crippen molar-refractivity contribution in [1.82, 2.24) is 0 Å². The number of unbranched alkanes of at least 4 members (excludes halogenated alkanes) is 49. The second kappa shape index (κ2) is 72.6. The number of rotatable bonds is 80. The zero-order valence-corrected chi connectivity index (χ0v) is 67.3. The summed E-state index contributed by atoms with van der Waals surface area (Å²) in [7, 11) is -9.92. The van der Waals surface area contributed by atoms with Crippen molar-refractivity contribution < 1.29 is 80.2 Å². The predicted molar refractivity (Wildman–Crippen MR) is 409 cm³/mol. The Morgan fingerprint density at radius 3 is 0.760 bits per heavy atom. The summed E-state index contributed by atoms with van der Waals surface area (Å²) in [5.41, 5.74) is 0. The van der Waals surface area contributed by atoms with Crippen LogP contribution in [0.25, 0.3) is 0 Å². The standard InChI is InChI=1S/C81H158O17P2/c1-7-10-12-14-16-18-20-21-22-23-24-25-26-27-28-29-33-41-47-53-59-65-80(85)97-76(70-92-79(84)64-58-52-46-40-34-30-32-37-43-49-55-61-73(4)5)71-95-99(87,88)93-67-75(82)68-94-100(89,90)96-72-77(69-91-78(83)63-57-51-45-39-31-19-17-15-13-11-8-2)98-81(86)66-60-54-48-42-36-35-38-44-50-56-62-74(6)9-3/h73-77,82H,7-72H2,1-6H3,(H,87,88)(H,89,90)/t74?,75-,76-,77-/m1/s1. The van der Waals surface area contributed by atoms with Gasteiger partial charge in [0.05, 0.1) is 26.4 Å². The molecule has 0 aromatic carbocycles. The van der Waals surface area contributed by atoms with Gasteiger partial charge in [-0.05, 0) is 37.5 Å². The summed E-state index contributed by atoms with van der Waals surface area (Å²) in [5.74, 6) is -0.535. The fourth-order valence-corrected chi connectivity index (χ4v) is 14.1. The van der Waals surface area contributed by atoms with Crippen LogP contribution in [0.15, 0.2) is 0 Å². The zero-order valence-electron chi connectivity index (χ0n) is 65.5. The van der Waals surface area contributed by atoms with Crippen LogP contribution in [0.5, 0.6) is 0 Å². The van der Waals surface area contributed by atoms with E-state index in [1.165, 1.54) is 244 Å². The number of phosphoric acid groups is 2. The van der Waals surface area contributed by atoms with Crippen LogP contribution < -0.4 is 0 Å². The van der Waals surface area contributed by atoms with Gasteiger partial charge in [-0.1, -0.05) is 375 Å². The highest BCUT2D eigenvalue weighted by molar-refractivity contribution is 7.47. The predicted octanol–water partition coefficient (Wildman–Crippen LogP) is 24.3. The van der Waals surface area contributed by atoms with Gasteiger partial charge >= 0.3 is 39.5 Å². The third kappa shape index (κ3) is 73.0. The SMILES string of the molecule is CCCCCCCCCCCCCCCCCCCCCCCC(=O)O[C@H](COC(=O)CCCCCCCCCCCCCC(C)C)COP(=O)(O)OC[C@@H](O)COP(=O)(O)OC[C@@H](COC(=O)CCCCCCCCCCCCC)OC(=O)CCCCCCCCCCCCC(C)CC. The van der Waals surface area contributed by atoms with Gasteiger partial charge in [0.25, 0.3) is 0 Å². The maximum Gasteiger partial charge on any atom is 0.472 e. The molecule has 0 aliphatic rings. The highest BCUT2D eigenvalue weighted by Gasteiger charge is 2.30. The van der Waals surface area contributed by atoms with Crippen LogP contribution in [-0.4, -0.2) is 96.7 Å². The number of aliphatic hydroxyl groups is 1. The van der Waals surface area contributed by atoms with E-state index in [2.05, 4.69) is 41.5 Å². The Hall–Kier alpha value is -1.94. The third-order valence-electron chi connectivity index (χ3n) is 19.3. The van der Waals surface area contributed by atoms with Gasteiger partial charge < -0.3 is 33.8 Å². The Bertz CT molecular complexity index is 1930. The lowest BCUT2D eigenvalue weighted by atomic mass is 9.99. The second-order valence-electron chi connectivity index (χ2n) is 29.9. The van der Waals surface area contributed by atoms with Crippen LogP contribution in [0, 0.1) is 11.8 Å². The van der Waals surface area contributed by atoms with Crippen molar-refractivity contribution in [1.29, 1.82) is 0 Å². The van der Waals surface area contributed by atoms with Gasteiger partial charge in [0.15, 0.2) is 12.2 Å². The molecular formula is C81H158O17P2. The van der Waals surface area contributed by atoms with E-state index in [4.69, 9.17) is 37.0 Å². The van der Waals surface area contributed by atoms with E-state index in [1.54, 1.807) is 0 Å². The largest absolute Gasteiger partial charge is 0.472 e. The summed E-state index contributed by atoms with van der Waals surface area (Å²) in [6.45, 7) is 9.66. The van der Waals surface area contributed by atoms with E-state index < -0.39 is 97.5 Å². The van der Waals surface area contributed by atoms with E-state index in [9.17, 15) is 43.2 Å². The fraction of sp³-hybridized carbons (Fsp3) is 0.951. The van der Waals surface area contributed by atoms with Crippen LogP contribution in [0.1, 0.15) is 427 Å². The van der Waals surface area contributed by atoms with E-state index in [1.807, 2.05) is 0 Å². The number of hydrogen-bond donors (Lipinski definition) is 3.